The summed E-state index contributed by atoms with van der Waals surface area (Å²) in [6.07, 6.45) is 2.16. The molecule has 1 amide bonds. The number of nitrogens with one attached hydrogen (secondary N) is 1. The van der Waals surface area contributed by atoms with Gasteiger partial charge in [0.05, 0.1) is 5.75 Å². The first kappa shape index (κ1) is 17.8. The number of halogens is 2. The van der Waals surface area contributed by atoms with Crippen LogP contribution in [0.1, 0.15) is 6.42 Å². The van der Waals surface area contributed by atoms with Crippen LogP contribution in [0.2, 0.25) is 0 Å². The predicted octanol–water partition coefficient (Wildman–Crippen LogP) is 2.38. The summed E-state index contributed by atoms with van der Waals surface area (Å²) in [5.74, 6) is -2.57. The van der Waals surface area contributed by atoms with Crippen LogP contribution < -0.4 is 5.32 Å². The molecule has 0 heterocycles. The molecule has 1 unspecified atom stereocenters. The number of benzene rings is 1. The molecule has 2 N–H and O–H groups in total. The van der Waals surface area contributed by atoms with Gasteiger partial charge in [0.15, 0.2) is 0 Å². The molecule has 0 spiro atoms. The highest BCUT2D eigenvalue weighted by Crippen LogP contribution is 2.22. The van der Waals surface area contributed by atoms with E-state index in [4.69, 9.17) is 5.11 Å². The van der Waals surface area contributed by atoms with Crippen molar-refractivity contribution in [1.29, 1.82) is 0 Å². The summed E-state index contributed by atoms with van der Waals surface area (Å²) >= 11 is 2.37. The number of carboxylic acid groups (broad SMARTS) is 1. The van der Waals surface area contributed by atoms with Crippen LogP contribution in [0, 0.1) is 11.6 Å². The second-order valence-corrected chi connectivity index (χ2v) is 6.11. The van der Waals surface area contributed by atoms with E-state index in [9.17, 15) is 18.4 Å². The smallest absolute Gasteiger partial charge is 0.326 e. The maximum atomic E-state index is 13.4. The van der Waals surface area contributed by atoms with Gasteiger partial charge < -0.3 is 10.4 Å². The van der Waals surface area contributed by atoms with Crippen molar-refractivity contribution in [2.24, 2.45) is 0 Å². The van der Waals surface area contributed by atoms with E-state index in [0.29, 0.717) is 12.2 Å². The molecule has 0 aliphatic heterocycles. The molecule has 1 rings (SSSR count). The Bertz CT molecular complexity index is 514. The second-order valence-electron chi connectivity index (χ2n) is 4.10. The minimum atomic E-state index is -1.10. The highest BCUT2D eigenvalue weighted by atomic mass is 32.2. The van der Waals surface area contributed by atoms with Crippen LogP contribution in [0.4, 0.5) is 8.78 Å². The molecule has 0 bridgehead atoms. The van der Waals surface area contributed by atoms with Gasteiger partial charge in [0.1, 0.15) is 17.7 Å². The number of hydrogen-bond donors (Lipinski definition) is 2. The Labute approximate surface area is 129 Å². The van der Waals surface area contributed by atoms with Crippen LogP contribution in [-0.4, -0.2) is 40.8 Å². The molecule has 0 radical (unpaired) electrons. The standard InChI is InChI=1S/C13H15F2NO3S2/c1-20-5-4-10(13(18)19)16-12(17)7-21-11-3-2-8(14)6-9(11)15/h2-3,6,10H,4-5,7H2,1H3,(H,16,17)(H,18,19). The minimum Gasteiger partial charge on any atom is -0.480 e. The van der Waals surface area contributed by atoms with Gasteiger partial charge in [-0.05, 0) is 30.6 Å². The largest absolute Gasteiger partial charge is 0.480 e. The Morgan fingerprint density at radius 2 is 2.10 bits per heavy atom. The van der Waals surface area contributed by atoms with Crippen molar-refractivity contribution in [2.45, 2.75) is 17.4 Å². The molecule has 1 aromatic rings. The van der Waals surface area contributed by atoms with E-state index >= 15 is 0 Å². The molecule has 21 heavy (non-hydrogen) atoms. The fourth-order valence-electron chi connectivity index (χ4n) is 1.46. The third-order valence-corrected chi connectivity index (χ3v) is 4.19. The van der Waals surface area contributed by atoms with Crippen molar-refractivity contribution in [1.82, 2.24) is 5.32 Å². The van der Waals surface area contributed by atoms with Crippen molar-refractivity contribution < 1.29 is 23.5 Å². The summed E-state index contributed by atoms with van der Waals surface area (Å²) in [5, 5.41) is 11.4. The zero-order valence-corrected chi connectivity index (χ0v) is 12.9. The van der Waals surface area contributed by atoms with Gasteiger partial charge in [0, 0.05) is 11.0 Å². The molecule has 0 saturated heterocycles. The van der Waals surface area contributed by atoms with Gasteiger partial charge in [-0.1, -0.05) is 0 Å². The number of thioether (sulfide) groups is 2. The van der Waals surface area contributed by atoms with Crippen LogP contribution in [0.25, 0.3) is 0 Å². The van der Waals surface area contributed by atoms with E-state index in [1.54, 1.807) is 0 Å². The van der Waals surface area contributed by atoms with E-state index in [0.717, 1.165) is 23.9 Å². The van der Waals surface area contributed by atoms with Gasteiger partial charge in [-0.2, -0.15) is 11.8 Å². The molecule has 0 aliphatic carbocycles. The summed E-state index contributed by atoms with van der Waals surface area (Å²) in [6, 6.07) is 2.12. The van der Waals surface area contributed by atoms with Crippen LogP contribution in [-0.2, 0) is 9.59 Å². The van der Waals surface area contributed by atoms with E-state index in [1.165, 1.54) is 17.8 Å². The maximum absolute atomic E-state index is 13.4. The van der Waals surface area contributed by atoms with Gasteiger partial charge in [0.2, 0.25) is 5.91 Å². The van der Waals surface area contributed by atoms with E-state index < -0.39 is 29.6 Å². The van der Waals surface area contributed by atoms with E-state index in [-0.39, 0.29) is 10.6 Å². The lowest BCUT2D eigenvalue weighted by atomic mass is 10.2. The molecular formula is C13H15F2NO3S2. The Morgan fingerprint density at radius 1 is 1.38 bits per heavy atom. The minimum absolute atomic E-state index is 0.133. The highest BCUT2D eigenvalue weighted by molar-refractivity contribution is 8.00. The molecular weight excluding hydrogens is 320 g/mol. The number of aliphatic carboxylic acids is 1. The summed E-state index contributed by atoms with van der Waals surface area (Å²) in [6.45, 7) is 0. The number of rotatable bonds is 8. The normalized spacial score (nSPS) is 12.0. The summed E-state index contributed by atoms with van der Waals surface area (Å²) in [7, 11) is 0. The Morgan fingerprint density at radius 3 is 2.67 bits per heavy atom. The Balaban J connectivity index is 2.50. The van der Waals surface area contributed by atoms with Crippen LogP contribution >= 0.6 is 23.5 Å². The van der Waals surface area contributed by atoms with Crippen molar-refractivity contribution >= 4 is 35.4 Å². The summed E-state index contributed by atoms with van der Waals surface area (Å²) in [4.78, 5) is 22.8. The SMILES string of the molecule is CSCCC(NC(=O)CSc1ccc(F)cc1F)C(=O)O. The Hall–Kier alpha value is -1.28. The van der Waals surface area contributed by atoms with E-state index in [2.05, 4.69) is 5.32 Å². The van der Waals surface area contributed by atoms with Gasteiger partial charge >= 0.3 is 5.97 Å². The average Bonchev–Trinajstić information content (AvgIpc) is 2.42. The number of hydrogen-bond acceptors (Lipinski definition) is 4. The number of carbonyl (C=O) groups excluding carboxylic acids is 1. The quantitative estimate of drug-likeness (QED) is 0.714. The molecule has 0 fully saturated rings. The number of amides is 1. The molecule has 1 atom stereocenters. The predicted molar refractivity (Wildman–Crippen MR) is 79.6 cm³/mol. The fraction of sp³-hybridized carbons (Fsp3) is 0.385. The van der Waals surface area contributed by atoms with Crippen molar-refractivity contribution in [3.8, 4) is 0 Å². The van der Waals surface area contributed by atoms with Crippen molar-refractivity contribution in [3.05, 3.63) is 29.8 Å². The van der Waals surface area contributed by atoms with Gasteiger partial charge in [-0.3, -0.25) is 4.79 Å². The Kier molecular flexibility index (Phi) is 7.52. The van der Waals surface area contributed by atoms with Crippen LogP contribution in [0.15, 0.2) is 23.1 Å². The van der Waals surface area contributed by atoms with Crippen molar-refractivity contribution in [2.75, 3.05) is 17.8 Å². The molecule has 1 aromatic carbocycles. The lowest BCUT2D eigenvalue weighted by Crippen LogP contribution is -2.42. The highest BCUT2D eigenvalue weighted by Gasteiger charge is 2.19. The summed E-state index contributed by atoms with van der Waals surface area (Å²) in [5.41, 5.74) is 0. The zero-order chi connectivity index (χ0) is 15.8. The van der Waals surface area contributed by atoms with E-state index in [1.807, 2.05) is 6.26 Å². The molecule has 8 heteroatoms. The fourth-order valence-corrected chi connectivity index (χ4v) is 2.67. The molecule has 0 aliphatic rings. The zero-order valence-electron chi connectivity index (χ0n) is 11.3. The second kappa shape index (κ2) is 8.89. The van der Waals surface area contributed by atoms with Crippen molar-refractivity contribution in [3.63, 3.8) is 0 Å². The lowest BCUT2D eigenvalue weighted by Gasteiger charge is -2.13. The third-order valence-electron chi connectivity index (χ3n) is 2.50. The first-order valence-electron chi connectivity index (χ1n) is 6.03. The third kappa shape index (κ3) is 6.34. The van der Waals surface area contributed by atoms with Gasteiger partial charge in [-0.15, -0.1) is 11.8 Å². The number of carbonyl (C=O) groups is 2. The molecule has 0 saturated carbocycles. The monoisotopic (exact) mass is 335 g/mol. The van der Waals surface area contributed by atoms with Crippen LogP contribution in [0.3, 0.4) is 0 Å². The first-order chi connectivity index (χ1) is 9.93. The molecule has 116 valence electrons. The summed E-state index contributed by atoms with van der Waals surface area (Å²) < 4.78 is 26.1. The topological polar surface area (TPSA) is 66.4 Å². The maximum Gasteiger partial charge on any atom is 0.326 e. The molecule has 4 nitrogen and oxygen atoms in total. The van der Waals surface area contributed by atoms with Gasteiger partial charge in [-0.25, -0.2) is 13.6 Å². The lowest BCUT2D eigenvalue weighted by molar-refractivity contribution is -0.141. The molecule has 0 aromatic heterocycles. The van der Waals surface area contributed by atoms with Crippen LogP contribution in [0.5, 0.6) is 0 Å². The number of carboxylic acids is 1. The average molecular weight is 335 g/mol. The first-order valence-corrected chi connectivity index (χ1v) is 8.41. The van der Waals surface area contributed by atoms with Gasteiger partial charge in [0.25, 0.3) is 0 Å².